The van der Waals surface area contributed by atoms with Gasteiger partial charge in [0.25, 0.3) is 0 Å². The van der Waals surface area contributed by atoms with Crippen molar-refractivity contribution in [1.82, 2.24) is 10.3 Å². The van der Waals surface area contributed by atoms with Crippen LogP contribution in [0.3, 0.4) is 0 Å². The second-order valence-electron chi connectivity index (χ2n) is 3.93. The lowest BCUT2D eigenvalue weighted by atomic mass is 10.2. The fourth-order valence-electron chi connectivity index (χ4n) is 1.54. The summed E-state index contributed by atoms with van der Waals surface area (Å²) in [5.74, 6) is -0.535. The summed E-state index contributed by atoms with van der Waals surface area (Å²) in [6, 6.07) is 4.07. The third kappa shape index (κ3) is 3.31. The molecule has 2 aromatic rings. The van der Waals surface area contributed by atoms with Gasteiger partial charge >= 0.3 is 0 Å². The van der Waals surface area contributed by atoms with Crippen LogP contribution in [0.15, 0.2) is 22.8 Å². The highest BCUT2D eigenvalue weighted by Crippen LogP contribution is 2.20. The van der Waals surface area contributed by atoms with Crippen molar-refractivity contribution >= 4 is 23.1 Å². The molecule has 0 amide bonds. The monoisotopic (exact) mass is 298 g/mol. The highest BCUT2D eigenvalue weighted by atomic mass is 35.5. The van der Waals surface area contributed by atoms with Gasteiger partial charge in [0, 0.05) is 19.2 Å². The molecule has 0 aliphatic rings. The number of rotatable bonds is 5. The number of nitrogens with one attached hydrogen (secondary N) is 2. The molecule has 0 aliphatic carbocycles. The Morgan fingerprint density at radius 1 is 1.50 bits per heavy atom. The lowest BCUT2D eigenvalue weighted by Crippen LogP contribution is -2.15. The van der Waals surface area contributed by atoms with Gasteiger partial charge in [-0.25, -0.2) is 9.02 Å². The molecule has 0 saturated carbocycles. The smallest absolute Gasteiger partial charge is 0.173 e. The van der Waals surface area contributed by atoms with E-state index in [2.05, 4.69) is 20.3 Å². The van der Waals surface area contributed by atoms with Gasteiger partial charge < -0.3 is 10.1 Å². The maximum absolute atomic E-state index is 13.0. The minimum Gasteiger partial charge on any atom is -0.384 e. The van der Waals surface area contributed by atoms with E-state index in [1.54, 1.807) is 7.11 Å². The van der Waals surface area contributed by atoms with Crippen LogP contribution in [0, 0.1) is 11.2 Å². The molecule has 1 aromatic carbocycles. The van der Waals surface area contributed by atoms with Crippen molar-refractivity contribution < 1.29 is 13.8 Å². The Morgan fingerprint density at radius 3 is 3.00 bits per heavy atom. The van der Waals surface area contributed by atoms with E-state index < -0.39 is 5.82 Å². The van der Waals surface area contributed by atoms with E-state index in [-0.39, 0.29) is 16.6 Å². The molecule has 1 aromatic heterocycles. The predicted octanol–water partition coefficient (Wildman–Crippen LogP) is 2.49. The first-order valence-corrected chi connectivity index (χ1v) is 6.11. The van der Waals surface area contributed by atoms with Crippen molar-refractivity contribution in [3.63, 3.8) is 0 Å². The standard InChI is InChI=1S/C12H12ClFN4O2/c1-19-5-4-10-11(18-20-17-10)12(15)16-7-2-3-9(14)8(13)6-7/h2-3,6H,4-5H2,1H3,(H2,15,16). The zero-order valence-corrected chi connectivity index (χ0v) is 11.4. The van der Waals surface area contributed by atoms with Crippen molar-refractivity contribution in [3.8, 4) is 0 Å². The van der Waals surface area contributed by atoms with E-state index in [1.807, 2.05) is 0 Å². The van der Waals surface area contributed by atoms with Gasteiger partial charge in [0.1, 0.15) is 11.5 Å². The summed E-state index contributed by atoms with van der Waals surface area (Å²) in [5, 5.41) is 18.0. The molecule has 0 aliphatic heterocycles. The van der Waals surface area contributed by atoms with Crippen LogP contribution < -0.4 is 5.32 Å². The number of halogens is 2. The van der Waals surface area contributed by atoms with E-state index in [4.69, 9.17) is 21.7 Å². The Hall–Kier alpha value is -1.99. The molecule has 0 unspecified atom stereocenters. The Kier molecular flexibility index (Phi) is 4.65. The molecule has 0 spiro atoms. The number of anilines is 1. The second kappa shape index (κ2) is 6.44. The summed E-state index contributed by atoms with van der Waals surface area (Å²) in [4.78, 5) is 0. The van der Waals surface area contributed by atoms with Gasteiger partial charge in [-0.05, 0) is 23.4 Å². The Morgan fingerprint density at radius 2 is 2.30 bits per heavy atom. The van der Waals surface area contributed by atoms with Crippen molar-refractivity contribution in [2.75, 3.05) is 19.0 Å². The topological polar surface area (TPSA) is 84.0 Å². The van der Waals surface area contributed by atoms with Gasteiger partial charge in [-0.15, -0.1) is 0 Å². The van der Waals surface area contributed by atoms with Crippen LogP contribution >= 0.6 is 11.6 Å². The number of ether oxygens (including phenoxy) is 1. The highest BCUT2D eigenvalue weighted by molar-refractivity contribution is 6.31. The zero-order chi connectivity index (χ0) is 14.5. The molecular formula is C12H12ClFN4O2. The van der Waals surface area contributed by atoms with Gasteiger partial charge in [-0.2, -0.15) is 0 Å². The normalized spacial score (nSPS) is 10.6. The average Bonchev–Trinajstić information content (AvgIpc) is 2.89. The lowest BCUT2D eigenvalue weighted by molar-refractivity contribution is 0.199. The summed E-state index contributed by atoms with van der Waals surface area (Å²) in [7, 11) is 1.57. The predicted molar refractivity (Wildman–Crippen MR) is 71.7 cm³/mol. The number of aromatic nitrogens is 2. The van der Waals surface area contributed by atoms with E-state index in [1.165, 1.54) is 18.2 Å². The second-order valence-corrected chi connectivity index (χ2v) is 4.34. The minimum atomic E-state index is -0.521. The fraction of sp³-hybridized carbons (Fsp3) is 0.250. The lowest BCUT2D eigenvalue weighted by Gasteiger charge is -2.07. The third-order valence-electron chi connectivity index (χ3n) is 2.53. The Labute approximate surface area is 119 Å². The first kappa shape index (κ1) is 14.4. The number of hydrogen-bond donors (Lipinski definition) is 2. The first-order valence-electron chi connectivity index (χ1n) is 5.73. The summed E-state index contributed by atoms with van der Waals surface area (Å²) >= 11 is 5.67. The van der Waals surface area contributed by atoms with E-state index >= 15 is 0 Å². The maximum Gasteiger partial charge on any atom is 0.173 e. The summed E-state index contributed by atoms with van der Waals surface area (Å²) in [5.41, 5.74) is 1.27. The molecule has 0 bridgehead atoms. The number of amidine groups is 1. The van der Waals surface area contributed by atoms with Crippen LogP contribution in [0.25, 0.3) is 0 Å². The molecule has 20 heavy (non-hydrogen) atoms. The van der Waals surface area contributed by atoms with Crippen molar-refractivity contribution in [3.05, 3.63) is 40.4 Å². The molecule has 6 nitrogen and oxygen atoms in total. The fourth-order valence-corrected chi connectivity index (χ4v) is 1.72. The summed E-state index contributed by atoms with van der Waals surface area (Å²) in [6.07, 6.45) is 0.476. The number of methoxy groups -OCH3 is 1. The Bertz CT molecular complexity index is 617. The Balaban J connectivity index is 2.11. The average molecular weight is 299 g/mol. The maximum atomic E-state index is 13.0. The van der Waals surface area contributed by atoms with Crippen LogP contribution in [0.5, 0.6) is 0 Å². The quantitative estimate of drug-likeness (QED) is 0.654. The molecule has 0 atom stereocenters. The van der Waals surface area contributed by atoms with Crippen molar-refractivity contribution in [2.45, 2.75) is 6.42 Å². The van der Waals surface area contributed by atoms with Gasteiger partial charge in [-0.3, -0.25) is 5.41 Å². The van der Waals surface area contributed by atoms with Gasteiger partial charge in [-0.1, -0.05) is 16.8 Å². The molecular weight excluding hydrogens is 287 g/mol. The number of hydrogen-bond acceptors (Lipinski definition) is 5. The first-order chi connectivity index (χ1) is 9.61. The van der Waals surface area contributed by atoms with Crippen molar-refractivity contribution in [1.29, 1.82) is 5.41 Å². The van der Waals surface area contributed by atoms with Crippen molar-refractivity contribution in [2.24, 2.45) is 0 Å². The van der Waals surface area contributed by atoms with Crippen LogP contribution in [-0.2, 0) is 11.2 Å². The number of benzene rings is 1. The van der Waals surface area contributed by atoms with Crippen LogP contribution in [-0.4, -0.2) is 29.9 Å². The third-order valence-corrected chi connectivity index (χ3v) is 2.81. The van der Waals surface area contributed by atoms with Crippen LogP contribution in [0.4, 0.5) is 10.1 Å². The molecule has 1 heterocycles. The van der Waals surface area contributed by atoms with Crippen LogP contribution in [0.2, 0.25) is 5.02 Å². The minimum absolute atomic E-state index is 0.0139. The SMILES string of the molecule is COCCc1nonc1C(=N)Nc1ccc(F)c(Cl)c1. The molecule has 8 heteroatoms. The molecule has 0 fully saturated rings. The molecule has 0 radical (unpaired) electrons. The van der Waals surface area contributed by atoms with Crippen LogP contribution in [0.1, 0.15) is 11.4 Å². The molecule has 106 valence electrons. The zero-order valence-electron chi connectivity index (χ0n) is 10.6. The van der Waals surface area contributed by atoms with E-state index in [0.29, 0.717) is 24.4 Å². The van der Waals surface area contributed by atoms with Gasteiger partial charge in [0.15, 0.2) is 11.5 Å². The molecule has 2 N–H and O–H groups in total. The summed E-state index contributed by atoms with van der Waals surface area (Å²) in [6.45, 7) is 0.441. The summed E-state index contributed by atoms with van der Waals surface area (Å²) < 4.78 is 22.6. The van der Waals surface area contributed by atoms with Gasteiger partial charge in [0.2, 0.25) is 0 Å². The number of nitrogens with zero attached hydrogens (tertiary/aromatic N) is 2. The van der Waals surface area contributed by atoms with E-state index in [9.17, 15) is 4.39 Å². The van der Waals surface area contributed by atoms with E-state index in [0.717, 1.165) is 0 Å². The highest BCUT2D eigenvalue weighted by Gasteiger charge is 2.15. The molecule has 2 rings (SSSR count). The van der Waals surface area contributed by atoms with Gasteiger partial charge in [0.05, 0.1) is 11.6 Å². The molecule has 0 saturated heterocycles. The largest absolute Gasteiger partial charge is 0.384 e.